The van der Waals surface area contributed by atoms with Crippen molar-refractivity contribution in [2.24, 2.45) is 0 Å². The molecule has 0 saturated carbocycles. The van der Waals surface area contributed by atoms with Crippen LogP contribution >= 0.6 is 0 Å². The number of nitrogens with one attached hydrogen (secondary N) is 1. The number of benzene rings is 1. The van der Waals surface area contributed by atoms with Gasteiger partial charge in [0.1, 0.15) is 0 Å². The van der Waals surface area contributed by atoms with E-state index < -0.39 is 12.1 Å². The van der Waals surface area contributed by atoms with Gasteiger partial charge in [-0.2, -0.15) is 18.3 Å². The fourth-order valence-electron chi connectivity index (χ4n) is 2.02. The smallest absolute Gasteiger partial charge is 0.344 e. The quantitative estimate of drug-likeness (QED) is 0.946. The van der Waals surface area contributed by atoms with Crippen LogP contribution in [-0.4, -0.2) is 21.9 Å². The van der Waals surface area contributed by atoms with Crippen LogP contribution in [0, 0.1) is 13.8 Å². The SMILES string of the molecule is Cc1nn(-c2ccccc2)c(C)c1CNC(=O)C(F)(F)F. The molecule has 0 fully saturated rings. The third-order valence-electron chi connectivity index (χ3n) is 3.13. The Labute approximate surface area is 119 Å². The van der Waals surface area contributed by atoms with Gasteiger partial charge in [-0.1, -0.05) is 18.2 Å². The molecule has 4 nitrogen and oxygen atoms in total. The number of halogens is 3. The van der Waals surface area contributed by atoms with E-state index in [1.165, 1.54) is 0 Å². The Hall–Kier alpha value is -2.31. The Morgan fingerprint density at radius 2 is 1.86 bits per heavy atom. The normalized spacial score (nSPS) is 11.5. The van der Waals surface area contributed by atoms with Crippen molar-refractivity contribution in [3.8, 4) is 5.69 Å². The molecule has 0 saturated heterocycles. The topological polar surface area (TPSA) is 46.9 Å². The van der Waals surface area contributed by atoms with Crippen molar-refractivity contribution < 1.29 is 18.0 Å². The maximum absolute atomic E-state index is 12.2. The van der Waals surface area contributed by atoms with E-state index in [9.17, 15) is 18.0 Å². The molecule has 0 atom stereocenters. The maximum Gasteiger partial charge on any atom is 0.471 e. The summed E-state index contributed by atoms with van der Waals surface area (Å²) in [6.45, 7) is 3.24. The predicted octanol–water partition coefficient (Wildman–Crippen LogP) is 2.67. The second kappa shape index (κ2) is 5.59. The molecule has 0 unspecified atom stereocenters. The van der Waals surface area contributed by atoms with Crippen LogP contribution < -0.4 is 5.32 Å². The van der Waals surface area contributed by atoms with Crippen molar-refractivity contribution in [3.63, 3.8) is 0 Å². The highest BCUT2D eigenvalue weighted by atomic mass is 19.4. The molecule has 21 heavy (non-hydrogen) atoms. The summed E-state index contributed by atoms with van der Waals surface area (Å²) in [6.07, 6.45) is -4.88. The highest BCUT2D eigenvalue weighted by Crippen LogP contribution is 2.19. The molecule has 2 rings (SSSR count). The molecule has 0 bridgehead atoms. The summed E-state index contributed by atoms with van der Waals surface area (Å²) in [5, 5.41) is 6.17. The molecular weight excluding hydrogens is 283 g/mol. The Balaban J connectivity index is 2.23. The predicted molar refractivity (Wildman–Crippen MR) is 70.9 cm³/mol. The zero-order chi connectivity index (χ0) is 15.6. The van der Waals surface area contributed by atoms with E-state index in [1.54, 1.807) is 18.5 Å². The highest BCUT2D eigenvalue weighted by Gasteiger charge is 2.38. The van der Waals surface area contributed by atoms with Gasteiger partial charge >= 0.3 is 12.1 Å². The summed E-state index contributed by atoms with van der Waals surface area (Å²) in [5.41, 5.74) is 2.67. The van der Waals surface area contributed by atoms with E-state index in [4.69, 9.17) is 0 Å². The minimum Gasteiger partial charge on any atom is -0.344 e. The fourth-order valence-corrected chi connectivity index (χ4v) is 2.02. The van der Waals surface area contributed by atoms with Gasteiger partial charge in [-0.3, -0.25) is 4.79 Å². The van der Waals surface area contributed by atoms with E-state index in [1.807, 2.05) is 35.6 Å². The standard InChI is InChI=1S/C14H14F3N3O/c1-9-12(8-18-13(21)14(15,16)17)10(2)20(19-9)11-6-4-3-5-7-11/h3-7H,8H2,1-2H3,(H,18,21). The van der Waals surface area contributed by atoms with Crippen molar-refractivity contribution in [1.29, 1.82) is 0 Å². The lowest BCUT2D eigenvalue weighted by atomic mass is 10.2. The number of aromatic nitrogens is 2. The molecule has 1 amide bonds. The highest BCUT2D eigenvalue weighted by molar-refractivity contribution is 5.81. The average Bonchev–Trinajstić information content (AvgIpc) is 2.71. The Morgan fingerprint density at radius 3 is 2.43 bits per heavy atom. The van der Waals surface area contributed by atoms with E-state index in [0.717, 1.165) is 5.69 Å². The van der Waals surface area contributed by atoms with E-state index in [2.05, 4.69) is 5.10 Å². The van der Waals surface area contributed by atoms with Gasteiger partial charge in [-0.15, -0.1) is 0 Å². The summed E-state index contributed by atoms with van der Waals surface area (Å²) < 4.78 is 38.2. The van der Waals surface area contributed by atoms with Gasteiger partial charge < -0.3 is 5.32 Å². The third-order valence-corrected chi connectivity index (χ3v) is 3.13. The van der Waals surface area contributed by atoms with E-state index >= 15 is 0 Å². The number of carbonyl (C=O) groups excluding carboxylic acids is 1. The Kier molecular flexibility index (Phi) is 4.02. The summed E-state index contributed by atoms with van der Waals surface area (Å²) in [6, 6.07) is 9.24. The van der Waals surface area contributed by atoms with Crippen LogP contribution in [0.4, 0.5) is 13.2 Å². The monoisotopic (exact) mass is 297 g/mol. The first kappa shape index (κ1) is 15.1. The van der Waals surface area contributed by atoms with Gasteiger partial charge in [-0.25, -0.2) is 4.68 Å². The number of aryl methyl sites for hydroxylation is 1. The molecule has 2 aromatic rings. The molecule has 0 aliphatic rings. The number of hydrogen-bond donors (Lipinski definition) is 1. The molecule has 0 spiro atoms. The van der Waals surface area contributed by atoms with E-state index in [0.29, 0.717) is 17.0 Å². The number of amides is 1. The zero-order valence-electron chi connectivity index (χ0n) is 11.5. The van der Waals surface area contributed by atoms with Crippen molar-refractivity contribution >= 4 is 5.91 Å². The Bertz CT molecular complexity index is 647. The number of rotatable bonds is 3. The minimum absolute atomic E-state index is 0.206. The van der Waals surface area contributed by atoms with Gasteiger partial charge in [0.2, 0.25) is 0 Å². The van der Waals surface area contributed by atoms with Crippen molar-refractivity contribution in [2.75, 3.05) is 0 Å². The average molecular weight is 297 g/mol. The number of alkyl halides is 3. The third kappa shape index (κ3) is 3.24. The molecule has 1 aromatic heterocycles. The van der Waals surface area contributed by atoms with Crippen molar-refractivity contribution in [2.45, 2.75) is 26.6 Å². The lowest BCUT2D eigenvalue weighted by Crippen LogP contribution is -2.36. The van der Waals surface area contributed by atoms with Gasteiger partial charge in [0.15, 0.2) is 0 Å². The Morgan fingerprint density at radius 1 is 1.24 bits per heavy atom. The van der Waals surface area contributed by atoms with Crippen molar-refractivity contribution in [3.05, 3.63) is 47.3 Å². The lowest BCUT2D eigenvalue weighted by Gasteiger charge is -2.08. The fraction of sp³-hybridized carbons (Fsp3) is 0.286. The van der Waals surface area contributed by atoms with Crippen LogP contribution in [0.2, 0.25) is 0 Å². The van der Waals surface area contributed by atoms with Crippen LogP contribution in [0.25, 0.3) is 5.69 Å². The summed E-state index contributed by atoms with van der Waals surface area (Å²) in [5.74, 6) is -1.95. The lowest BCUT2D eigenvalue weighted by molar-refractivity contribution is -0.173. The number of nitrogens with zero attached hydrogens (tertiary/aromatic N) is 2. The maximum atomic E-state index is 12.2. The summed E-state index contributed by atoms with van der Waals surface area (Å²) >= 11 is 0. The van der Waals surface area contributed by atoms with Crippen LogP contribution in [-0.2, 0) is 11.3 Å². The molecule has 0 aliphatic carbocycles. The molecule has 1 heterocycles. The largest absolute Gasteiger partial charge is 0.471 e. The van der Waals surface area contributed by atoms with Crippen LogP contribution in [0.5, 0.6) is 0 Å². The van der Waals surface area contributed by atoms with Crippen LogP contribution in [0.3, 0.4) is 0 Å². The number of carbonyl (C=O) groups is 1. The first-order valence-electron chi connectivity index (χ1n) is 6.26. The zero-order valence-corrected chi connectivity index (χ0v) is 11.5. The molecule has 0 radical (unpaired) electrons. The first-order chi connectivity index (χ1) is 9.80. The molecule has 0 aliphatic heterocycles. The van der Waals surface area contributed by atoms with E-state index in [-0.39, 0.29) is 6.54 Å². The van der Waals surface area contributed by atoms with Gasteiger partial charge in [0, 0.05) is 17.8 Å². The number of para-hydroxylation sites is 1. The summed E-state index contributed by atoms with van der Waals surface area (Å²) in [4.78, 5) is 10.9. The minimum atomic E-state index is -4.88. The van der Waals surface area contributed by atoms with Crippen LogP contribution in [0.15, 0.2) is 30.3 Å². The van der Waals surface area contributed by atoms with Crippen LogP contribution in [0.1, 0.15) is 17.0 Å². The molecule has 1 aromatic carbocycles. The van der Waals surface area contributed by atoms with Gasteiger partial charge in [-0.05, 0) is 26.0 Å². The van der Waals surface area contributed by atoms with Gasteiger partial charge in [0.05, 0.1) is 11.4 Å². The molecule has 112 valence electrons. The molecular formula is C14H14F3N3O. The van der Waals surface area contributed by atoms with Crippen molar-refractivity contribution in [1.82, 2.24) is 15.1 Å². The molecule has 7 heteroatoms. The molecule has 1 N–H and O–H groups in total. The second-order valence-corrected chi connectivity index (χ2v) is 4.58. The van der Waals surface area contributed by atoms with Gasteiger partial charge in [0.25, 0.3) is 0 Å². The summed E-state index contributed by atoms with van der Waals surface area (Å²) in [7, 11) is 0. The second-order valence-electron chi connectivity index (χ2n) is 4.58. The number of hydrogen-bond acceptors (Lipinski definition) is 2. The first-order valence-corrected chi connectivity index (χ1v) is 6.26.